The Kier molecular flexibility index (Phi) is 6.19. The van der Waals surface area contributed by atoms with Crippen LogP contribution < -0.4 is 9.04 Å². The number of nitrogens with zero attached hydrogens (tertiary/aromatic N) is 2. The highest BCUT2D eigenvalue weighted by molar-refractivity contribution is 7.92. The van der Waals surface area contributed by atoms with E-state index in [4.69, 9.17) is 4.74 Å². The fourth-order valence-electron chi connectivity index (χ4n) is 3.95. The lowest BCUT2D eigenvalue weighted by Crippen LogP contribution is -2.44. The van der Waals surface area contributed by atoms with Crippen LogP contribution in [0.2, 0.25) is 0 Å². The Morgan fingerprint density at radius 2 is 1.69 bits per heavy atom. The van der Waals surface area contributed by atoms with E-state index in [9.17, 15) is 13.2 Å². The molecule has 32 heavy (non-hydrogen) atoms. The highest BCUT2D eigenvalue weighted by Gasteiger charge is 2.31. The number of fused-ring (bicyclic) bond motifs is 1. The van der Waals surface area contributed by atoms with E-state index in [1.807, 2.05) is 31.2 Å². The predicted octanol–water partition coefficient (Wildman–Crippen LogP) is 3.78. The molecule has 1 heterocycles. The van der Waals surface area contributed by atoms with Gasteiger partial charge >= 0.3 is 0 Å². The molecule has 0 radical (unpaired) electrons. The third-order valence-corrected chi connectivity index (χ3v) is 7.47. The molecule has 0 bridgehead atoms. The monoisotopic (exact) mass is 450 g/mol. The number of sulfonamides is 1. The summed E-state index contributed by atoms with van der Waals surface area (Å²) in [4.78, 5) is 15.2. The maximum atomic E-state index is 13.6. The maximum Gasteiger partial charge on any atom is 0.264 e. The van der Waals surface area contributed by atoms with Gasteiger partial charge in [0.2, 0.25) is 5.91 Å². The summed E-state index contributed by atoms with van der Waals surface area (Å²) in [7, 11) is -2.50. The van der Waals surface area contributed by atoms with Gasteiger partial charge in [-0.3, -0.25) is 9.10 Å². The maximum absolute atomic E-state index is 13.6. The number of methoxy groups -OCH3 is 1. The second-order valence-electron chi connectivity index (χ2n) is 7.83. The van der Waals surface area contributed by atoms with E-state index in [2.05, 4.69) is 6.07 Å². The minimum atomic E-state index is -3.99. The Morgan fingerprint density at radius 1 is 1.00 bits per heavy atom. The van der Waals surface area contributed by atoms with Crippen LogP contribution in [-0.2, 0) is 27.8 Å². The first-order valence-corrected chi connectivity index (χ1v) is 11.9. The van der Waals surface area contributed by atoms with Crippen molar-refractivity contribution >= 4 is 21.6 Å². The van der Waals surface area contributed by atoms with Crippen LogP contribution in [0, 0.1) is 6.92 Å². The Bertz CT molecular complexity index is 1230. The fourth-order valence-corrected chi connectivity index (χ4v) is 5.38. The molecule has 3 aromatic carbocycles. The highest BCUT2D eigenvalue weighted by Crippen LogP contribution is 2.33. The van der Waals surface area contributed by atoms with Crippen LogP contribution in [0.5, 0.6) is 5.75 Å². The normalized spacial score (nSPS) is 13.4. The van der Waals surface area contributed by atoms with Gasteiger partial charge in [-0.25, -0.2) is 8.42 Å². The highest BCUT2D eigenvalue weighted by atomic mass is 32.2. The molecule has 4 rings (SSSR count). The predicted molar refractivity (Wildman–Crippen MR) is 124 cm³/mol. The number of carbonyl (C=O) groups is 1. The lowest BCUT2D eigenvalue weighted by atomic mass is 10.00. The number of hydrogen-bond acceptors (Lipinski definition) is 4. The van der Waals surface area contributed by atoms with Gasteiger partial charge in [0.1, 0.15) is 12.3 Å². The van der Waals surface area contributed by atoms with E-state index < -0.39 is 10.0 Å². The minimum Gasteiger partial charge on any atom is -0.495 e. The number of amides is 1. The van der Waals surface area contributed by atoms with E-state index in [1.165, 1.54) is 24.8 Å². The van der Waals surface area contributed by atoms with Gasteiger partial charge in [-0.1, -0.05) is 48.5 Å². The molecule has 1 aliphatic heterocycles. The van der Waals surface area contributed by atoms with Crippen molar-refractivity contribution in [1.29, 1.82) is 0 Å². The second-order valence-corrected chi connectivity index (χ2v) is 9.70. The van der Waals surface area contributed by atoms with Crippen LogP contribution in [0.25, 0.3) is 0 Å². The molecule has 0 N–H and O–H groups in total. The molecular formula is C25H26N2O4S. The molecule has 0 aliphatic carbocycles. The van der Waals surface area contributed by atoms with Crippen LogP contribution in [0.1, 0.15) is 16.7 Å². The zero-order valence-corrected chi connectivity index (χ0v) is 19.0. The molecule has 0 fully saturated rings. The van der Waals surface area contributed by atoms with Crippen molar-refractivity contribution in [2.24, 2.45) is 0 Å². The van der Waals surface area contributed by atoms with Crippen molar-refractivity contribution in [3.63, 3.8) is 0 Å². The van der Waals surface area contributed by atoms with Crippen molar-refractivity contribution in [2.45, 2.75) is 24.8 Å². The summed E-state index contributed by atoms with van der Waals surface area (Å²) in [5.41, 5.74) is 3.54. The summed E-state index contributed by atoms with van der Waals surface area (Å²) >= 11 is 0. The molecule has 0 aromatic heterocycles. The third-order valence-electron chi connectivity index (χ3n) is 5.70. The zero-order valence-electron chi connectivity index (χ0n) is 18.2. The van der Waals surface area contributed by atoms with Crippen molar-refractivity contribution in [3.05, 3.63) is 89.5 Å². The van der Waals surface area contributed by atoms with Crippen LogP contribution in [0.3, 0.4) is 0 Å². The number of anilines is 1. The van der Waals surface area contributed by atoms with Crippen molar-refractivity contribution < 1.29 is 17.9 Å². The molecule has 0 saturated carbocycles. The van der Waals surface area contributed by atoms with Crippen molar-refractivity contribution in [1.82, 2.24) is 4.90 Å². The molecule has 7 heteroatoms. The molecule has 0 saturated heterocycles. The van der Waals surface area contributed by atoms with Crippen LogP contribution in [-0.4, -0.2) is 39.4 Å². The first-order valence-electron chi connectivity index (χ1n) is 10.5. The van der Waals surface area contributed by atoms with E-state index in [-0.39, 0.29) is 17.3 Å². The third kappa shape index (κ3) is 4.34. The summed E-state index contributed by atoms with van der Waals surface area (Å²) in [6.07, 6.45) is 0.751. The van der Waals surface area contributed by atoms with Crippen LogP contribution in [0.4, 0.5) is 5.69 Å². The minimum absolute atomic E-state index is 0.125. The van der Waals surface area contributed by atoms with Gasteiger partial charge < -0.3 is 9.64 Å². The Labute approximate surface area is 189 Å². The summed E-state index contributed by atoms with van der Waals surface area (Å²) in [6, 6.07) is 21.5. The molecule has 166 valence electrons. The Morgan fingerprint density at radius 3 is 2.41 bits per heavy atom. The molecule has 1 aliphatic rings. The van der Waals surface area contributed by atoms with Gasteiger partial charge in [-0.05, 0) is 54.3 Å². The number of rotatable bonds is 6. The molecule has 6 nitrogen and oxygen atoms in total. The van der Waals surface area contributed by atoms with Crippen molar-refractivity contribution in [3.8, 4) is 5.75 Å². The molecule has 1 amide bonds. The fraction of sp³-hybridized carbons (Fsp3) is 0.240. The summed E-state index contributed by atoms with van der Waals surface area (Å²) in [6.45, 7) is 2.60. The molecule has 0 unspecified atom stereocenters. The second kappa shape index (κ2) is 9.04. The molecule has 0 atom stereocenters. The number of ether oxygens (including phenoxy) is 1. The van der Waals surface area contributed by atoms with Crippen LogP contribution >= 0.6 is 0 Å². The largest absolute Gasteiger partial charge is 0.495 e. The zero-order chi connectivity index (χ0) is 22.7. The number of hydrogen-bond donors (Lipinski definition) is 0. The van der Waals surface area contributed by atoms with Gasteiger partial charge in [0.15, 0.2) is 0 Å². The van der Waals surface area contributed by atoms with Gasteiger partial charge in [-0.15, -0.1) is 0 Å². The lowest BCUT2D eigenvalue weighted by molar-refractivity contribution is -0.130. The molecule has 3 aromatic rings. The summed E-state index contributed by atoms with van der Waals surface area (Å²) in [5, 5.41) is 0. The van der Waals surface area contributed by atoms with E-state index in [0.29, 0.717) is 24.5 Å². The van der Waals surface area contributed by atoms with E-state index >= 15 is 0 Å². The van der Waals surface area contributed by atoms with E-state index in [1.54, 1.807) is 35.2 Å². The smallest absolute Gasteiger partial charge is 0.264 e. The standard InChI is InChI=1S/C25H26N2O4S/c1-19-12-13-24(31-2)23(16-19)27(32(29,30)22-10-4-3-5-11-22)18-25(28)26-15-14-20-8-6-7-9-21(20)17-26/h3-13,16H,14-15,17-18H2,1-2H3. The Hall–Kier alpha value is -3.32. The summed E-state index contributed by atoms with van der Waals surface area (Å²) in [5.74, 6) is 0.148. The van der Waals surface area contributed by atoms with Gasteiger partial charge in [0.05, 0.1) is 17.7 Å². The topological polar surface area (TPSA) is 66.9 Å². The first kappa shape index (κ1) is 21.9. The first-order chi connectivity index (χ1) is 15.4. The van der Waals surface area contributed by atoms with Gasteiger partial charge in [-0.2, -0.15) is 0 Å². The molecular weight excluding hydrogens is 424 g/mol. The molecule has 0 spiro atoms. The summed E-state index contributed by atoms with van der Waals surface area (Å²) < 4.78 is 33.9. The number of aryl methyl sites for hydroxylation is 1. The Balaban J connectivity index is 1.71. The van der Waals surface area contributed by atoms with Gasteiger partial charge in [0.25, 0.3) is 10.0 Å². The quantitative estimate of drug-likeness (QED) is 0.573. The van der Waals surface area contributed by atoms with Gasteiger partial charge in [0, 0.05) is 13.1 Å². The SMILES string of the molecule is COc1ccc(C)cc1N(CC(=O)N1CCc2ccccc2C1)S(=O)(=O)c1ccccc1. The lowest BCUT2D eigenvalue weighted by Gasteiger charge is -2.32. The average molecular weight is 451 g/mol. The average Bonchev–Trinajstić information content (AvgIpc) is 2.82. The van der Waals surface area contributed by atoms with Crippen molar-refractivity contribution in [2.75, 3.05) is 24.5 Å². The van der Waals surface area contributed by atoms with Crippen LogP contribution in [0.15, 0.2) is 77.7 Å². The number of benzene rings is 3. The van der Waals surface area contributed by atoms with E-state index in [0.717, 1.165) is 21.9 Å². The number of carbonyl (C=O) groups excluding carboxylic acids is 1.